The van der Waals surface area contributed by atoms with Gasteiger partial charge in [-0.3, -0.25) is 14.9 Å². The predicted molar refractivity (Wildman–Crippen MR) is 88.7 cm³/mol. The molecule has 4 aromatic rings. The number of nitrogens with zero attached hydrogens (tertiary/aromatic N) is 2. The first-order valence-electron chi connectivity index (χ1n) is 7.20. The molecule has 0 unspecified atom stereocenters. The van der Waals surface area contributed by atoms with Crippen molar-refractivity contribution < 1.29 is 0 Å². The fourth-order valence-electron chi connectivity index (χ4n) is 2.82. The maximum atomic E-state index is 12.7. The first-order chi connectivity index (χ1) is 10.6. The van der Waals surface area contributed by atoms with Gasteiger partial charge in [0.15, 0.2) is 0 Å². The van der Waals surface area contributed by atoms with Crippen molar-refractivity contribution in [2.24, 2.45) is 0 Å². The van der Waals surface area contributed by atoms with E-state index in [1.807, 2.05) is 50.2 Å². The number of benzene rings is 2. The zero-order chi connectivity index (χ0) is 15.3. The third-order valence-corrected chi connectivity index (χ3v) is 3.94. The molecule has 22 heavy (non-hydrogen) atoms. The summed E-state index contributed by atoms with van der Waals surface area (Å²) in [4.78, 5) is 17.1. The van der Waals surface area contributed by atoms with Crippen molar-refractivity contribution in [2.75, 3.05) is 0 Å². The van der Waals surface area contributed by atoms with Crippen molar-refractivity contribution >= 4 is 21.8 Å². The van der Waals surface area contributed by atoms with Gasteiger partial charge in [-0.1, -0.05) is 23.8 Å². The van der Waals surface area contributed by atoms with Crippen LogP contribution in [0.4, 0.5) is 0 Å². The Balaban J connectivity index is 2.10. The molecule has 0 saturated carbocycles. The highest BCUT2D eigenvalue weighted by atomic mass is 16.1. The molecule has 2 aromatic heterocycles. The van der Waals surface area contributed by atoms with Crippen LogP contribution in [-0.4, -0.2) is 14.8 Å². The second-order valence-corrected chi connectivity index (χ2v) is 5.66. The van der Waals surface area contributed by atoms with E-state index in [-0.39, 0.29) is 5.56 Å². The normalized spacial score (nSPS) is 11.4. The number of nitrogens with one attached hydrogen (secondary N) is 1. The highest BCUT2D eigenvalue weighted by Gasteiger charge is 2.12. The van der Waals surface area contributed by atoms with Gasteiger partial charge >= 0.3 is 0 Å². The van der Waals surface area contributed by atoms with E-state index >= 15 is 0 Å². The van der Waals surface area contributed by atoms with Gasteiger partial charge in [0.2, 0.25) is 0 Å². The number of aryl methyl sites for hydroxylation is 2. The van der Waals surface area contributed by atoms with Gasteiger partial charge in [-0.05, 0) is 43.7 Å². The van der Waals surface area contributed by atoms with Gasteiger partial charge in [0, 0.05) is 11.6 Å². The molecule has 0 bridgehead atoms. The van der Waals surface area contributed by atoms with E-state index in [9.17, 15) is 4.79 Å². The Morgan fingerprint density at radius 1 is 1.00 bits per heavy atom. The lowest BCUT2D eigenvalue weighted by molar-refractivity contribution is 0.863. The van der Waals surface area contributed by atoms with Crippen LogP contribution in [0, 0.1) is 13.8 Å². The molecule has 0 atom stereocenters. The molecule has 0 amide bonds. The minimum absolute atomic E-state index is 0.0727. The van der Waals surface area contributed by atoms with Gasteiger partial charge in [-0.15, -0.1) is 0 Å². The van der Waals surface area contributed by atoms with Crippen LogP contribution < -0.4 is 5.56 Å². The second kappa shape index (κ2) is 4.56. The predicted octanol–water partition coefficient (Wildman–Crippen LogP) is 3.48. The molecule has 2 aromatic carbocycles. The molecule has 4 heteroatoms. The lowest BCUT2D eigenvalue weighted by atomic mass is 10.1. The molecule has 2 heterocycles. The molecule has 0 fully saturated rings. The van der Waals surface area contributed by atoms with Crippen molar-refractivity contribution in [2.45, 2.75) is 13.8 Å². The lowest BCUT2D eigenvalue weighted by Gasteiger charge is -2.02. The maximum absolute atomic E-state index is 12.7. The van der Waals surface area contributed by atoms with Crippen LogP contribution in [0.5, 0.6) is 0 Å². The van der Waals surface area contributed by atoms with Crippen LogP contribution in [0.25, 0.3) is 27.5 Å². The van der Waals surface area contributed by atoms with E-state index in [0.29, 0.717) is 5.39 Å². The summed E-state index contributed by atoms with van der Waals surface area (Å²) in [6.07, 6.45) is 1.65. The summed E-state index contributed by atoms with van der Waals surface area (Å²) in [6.45, 7) is 4.05. The minimum Gasteiger partial charge on any atom is -0.290 e. The average Bonchev–Trinajstić information content (AvgIpc) is 2.85. The highest BCUT2D eigenvalue weighted by Crippen LogP contribution is 2.22. The van der Waals surface area contributed by atoms with E-state index in [2.05, 4.69) is 16.1 Å². The Morgan fingerprint density at radius 2 is 1.82 bits per heavy atom. The van der Waals surface area contributed by atoms with Crippen molar-refractivity contribution in [1.82, 2.24) is 14.8 Å². The smallest absolute Gasteiger partial charge is 0.280 e. The molecule has 0 aliphatic rings. The Kier molecular flexibility index (Phi) is 2.66. The first kappa shape index (κ1) is 12.8. The Hall–Kier alpha value is -2.88. The second-order valence-electron chi connectivity index (χ2n) is 5.66. The molecular formula is C18H15N3O. The third kappa shape index (κ3) is 1.84. The molecule has 0 spiro atoms. The molecule has 1 N–H and O–H groups in total. The van der Waals surface area contributed by atoms with Crippen LogP contribution in [0.1, 0.15) is 11.1 Å². The number of aromatic amines is 1. The molecular weight excluding hydrogens is 274 g/mol. The van der Waals surface area contributed by atoms with Gasteiger partial charge in [-0.2, -0.15) is 0 Å². The molecule has 108 valence electrons. The SMILES string of the molecule is Cc1cccc(-n2[nH]c3c(cnc4ccc(C)cc43)c2=O)c1. The van der Waals surface area contributed by atoms with E-state index < -0.39 is 0 Å². The van der Waals surface area contributed by atoms with Crippen LogP contribution in [0.3, 0.4) is 0 Å². The van der Waals surface area contributed by atoms with E-state index in [1.165, 1.54) is 0 Å². The van der Waals surface area contributed by atoms with Crippen molar-refractivity contribution in [1.29, 1.82) is 0 Å². The quantitative estimate of drug-likeness (QED) is 0.583. The maximum Gasteiger partial charge on any atom is 0.280 e. The number of hydrogen-bond acceptors (Lipinski definition) is 2. The van der Waals surface area contributed by atoms with Gasteiger partial charge in [-0.25, -0.2) is 4.68 Å². The first-order valence-corrected chi connectivity index (χ1v) is 7.20. The van der Waals surface area contributed by atoms with Gasteiger partial charge in [0.05, 0.1) is 22.1 Å². The van der Waals surface area contributed by atoms with E-state index in [1.54, 1.807) is 10.9 Å². The van der Waals surface area contributed by atoms with Crippen molar-refractivity contribution in [3.63, 3.8) is 0 Å². The molecule has 0 saturated heterocycles. The van der Waals surface area contributed by atoms with Gasteiger partial charge in [0.25, 0.3) is 5.56 Å². The van der Waals surface area contributed by atoms with Crippen molar-refractivity contribution in [3.8, 4) is 5.69 Å². The number of aromatic nitrogens is 3. The summed E-state index contributed by atoms with van der Waals surface area (Å²) in [5.41, 5.74) is 4.74. The average molecular weight is 289 g/mol. The zero-order valence-electron chi connectivity index (χ0n) is 12.4. The van der Waals surface area contributed by atoms with E-state index in [0.717, 1.165) is 33.2 Å². The Labute approximate surface area is 127 Å². The van der Waals surface area contributed by atoms with Crippen LogP contribution >= 0.6 is 0 Å². The summed E-state index contributed by atoms with van der Waals surface area (Å²) in [6, 6.07) is 13.9. The van der Waals surface area contributed by atoms with Gasteiger partial charge in [0.1, 0.15) is 0 Å². The Morgan fingerprint density at radius 3 is 2.64 bits per heavy atom. The largest absolute Gasteiger partial charge is 0.290 e. The zero-order valence-corrected chi connectivity index (χ0v) is 12.4. The van der Waals surface area contributed by atoms with Crippen LogP contribution in [0.15, 0.2) is 53.5 Å². The fourth-order valence-corrected chi connectivity index (χ4v) is 2.82. The number of fused-ring (bicyclic) bond motifs is 3. The summed E-state index contributed by atoms with van der Waals surface area (Å²) >= 11 is 0. The Bertz CT molecular complexity index is 1070. The molecule has 0 aliphatic carbocycles. The summed E-state index contributed by atoms with van der Waals surface area (Å²) in [5, 5.41) is 4.83. The summed E-state index contributed by atoms with van der Waals surface area (Å²) < 4.78 is 1.58. The number of H-pyrrole nitrogens is 1. The van der Waals surface area contributed by atoms with E-state index in [4.69, 9.17) is 0 Å². The van der Waals surface area contributed by atoms with Gasteiger partial charge < -0.3 is 0 Å². The molecule has 4 rings (SSSR count). The summed E-state index contributed by atoms with van der Waals surface area (Å²) in [5.74, 6) is 0. The van der Waals surface area contributed by atoms with Crippen molar-refractivity contribution in [3.05, 3.63) is 70.1 Å². The number of pyridine rings is 1. The topological polar surface area (TPSA) is 50.7 Å². The van der Waals surface area contributed by atoms with Crippen LogP contribution in [-0.2, 0) is 0 Å². The number of hydrogen-bond donors (Lipinski definition) is 1. The summed E-state index contributed by atoms with van der Waals surface area (Å²) in [7, 11) is 0. The monoisotopic (exact) mass is 289 g/mol. The lowest BCUT2D eigenvalue weighted by Crippen LogP contribution is -2.14. The minimum atomic E-state index is -0.0727. The standard InChI is InChI=1S/C18H15N3O/c1-11-4-3-5-13(8-11)21-18(22)15-10-19-16-7-6-12(2)9-14(16)17(15)20-21/h3-10,20H,1-2H3. The van der Waals surface area contributed by atoms with Crippen LogP contribution in [0.2, 0.25) is 0 Å². The third-order valence-electron chi connectivity index (χ3n) is 3.94. The molecule has 4 nitrogen and oxygen atoms in total. The fraction of sp³-hybridized carbons (Fsp3) is 0.111. The molecule has 0 aliphatic heterocycles. The highest BCUT2D eigenvalue weighted by molar-refractivity contribution is 6.02. The number of rotatable bonds is 1. The molecule has 0 radical (unpaired) electrons.